The van der Waals surface area contributed by atoms with Crippen molar-refractivity contribution < 1.29 is 37.4 Å². The normalized spacial score (nSPS) is 24.4. The zero-order chi connectivity index (χ0) is 32.6. The number of rotatable bonds is 9. The molecule has 0 saturated heterocycles. The Kier molecular flexibility index (Phi) is 10.00. The Morgan fingerprint density at radius 1 is 1.11 bits per heavy atom. The molecular weight excluding hydrogens is 622 g/mol. The number of carbonyl (C=O) groups excluding carboxylic acids is 2. The molecule has 0 bridgehead atoms. The minimum absolute atomic E-state index is 0.0536. The number of ether oxygens (including phenoxy) is 1. The number of carboxylic acids is 1. The van der Waals surface area contributed by atoms with Gasteiger partial charge < -0.3 is 15.2 Å². The van der Waals surface area contributed by atoms with Crippen LogP contribution in [0.25, 0.3) is 0 Å². The molecule has 1 heterocycles. The number of nitrogens with one attached hydrogen (secondary N) is 1. The predicted octanol–water partition coefficient (Wildman–Crippen LogP) is 8.01. The van der Waals surface area contributed by atoms with Gasteiger partial charge in [-0.05, 0) is 75.3 Å². The fourth-order valence-corrected chi connectivity index (χ4v) is 7.38. The second-order valence-electron chi connectivity index (χ2n) is 13.1. The Balaban J connectivity index is 1.64. The smallest absolute Gasteiger partial charge is 0.433 e. The Bertz CT molecular complexity index is 1390. The number of hydrogen-bond acceptors (Lipinski definition) is 5. The van der Waals surface area contributed by atoms with Crippen LogP contribution < -0.4 is 10.1 Å². The predicted molar refractivity (Wildman–Crippen MR) is 159 cm³/mol. The van der Waals surface area contributed by atoms with E-state index in [1.165, 1.54) is 19.2 Å². The Morgan fingerprint density at radius 3 is 2.25 bits per heavy atom. The first-order valence-corrected chi connectivity index (χ1v) is 15.5. The van der Waals surface area contributed by atoms with Crippen molar-refractivity contribution in [1.29, 1.82) is 0 Å². The van der Waals surface area contributed by atoms with E-state index in [2.05, 4.69) is 24.3 Å². The summed E-state index contributed by atoms with van der Waals surface area (Å²) in [6.07, 6.45) is -0.376. The summed E-state index contributed by atoms with van der Waals surface area (Å²) in [4.78, 5) is 38.8. The Labute approximate surface area is 264 Å². The van der Waals surface area contributed by atoms with Gasteiger partial charge in [0.1, 0.15) is 5.75 Å². The topological polar surface area (TPSA) is 111 Å². The van der Waals surface area contributed by atoms with Crippen LogP contribution in [0, 0.1) is 16.7 Å². The zero-order valence-electron chi connectivity index (χ0n) is 25.2. The molecule has 2 atom stereocenters. The van der Waals surface area contributed by atoms with Crippen LogP contribution in [0.1, 0.15) is 111 Å². The van der Waals surface area contributed by atoms with Crippen molar-refractivity contribution in [2.24, 2.45) is 16.7 Å². The van der Waals surface area contributed by atoms with E-state index < -0.39 is 52.6 Å². The molecule has 2 saturated carbocycles. The number of nitrogens with zero attached hydrogens (tertiary/aromatic N) is 2. The van der Waals surface area contributed by atoms with Crippen molar-refractivity contribution in [3.8, 4) is 5.75 Å². The molecule has 0 aliphatic heterocycles. The second-order valence-corrected chi connectivity index (χ2v) is 14.0. The number of methoxy groups -OCH3 is 1. The number of carbonyl (C=O) groups is 3. The number of halogens is 5. The van der Waals surface area contributed by atoms with Gasteiger partial charge >= 0.3 is 12.1 Å². The molecule has 2 aliphatic rings. The molecule has 1 aromatic carbocycles. The van der Waals surface area contributed by atoms with Crippen molar-refractivity contribution >= 4 is 40.9 Å². The zero-order valence-corrected chi connectivity index (χ0v) is 26.7. The molecule has 8 nitrogen and oxygen atoms in total. The molecule has 4 rings (SSSR count). The largest absolute Gasteiger partial charge is 0.497 e. The van der Waals surface area contributed by atoms with E-state index >= 15 is 0 Å². The quantitative estimate of drug-likeness (QED) is 0.264. The highest BCUT2D eigenvalue weighted by molar-refractivity contribution is 6.40. The fraction of sp³-hybridized carbons (Fsp3) is 0.613. The van der Waals surface area contributed by atoms with Gasteiger partial charge in [0.25, 0.3) is 5.91 Å². The Morgan fingerprint density at radius 2 is 1.73 bits per heavy atom. The van der Waals surface area contributed by atoms with E-state index in [-0.39, 0.29) is 59.0 Å². The first-order chi connectivity index (χ1) is 20.5. The molecule has 2 unspecified atom stereocenters. The number of aliphatic carboxylic acids is 1. The third kappa shape index (κ3) is 7.36. The van der Waals surface area contributed by atoms with Gasteiger partial charge in [0.2, 0.25) is 0 Å². The van der Waals surface area contributed by atoms with E-state index in [9.17, 15) is 32.7 Å². The van der Waals surface area contributed by atoms with Crippen LogP contribution in [0.5, 0.6) is 5.75 Å². The van der Waals surface area contributed by atoms with Crippen molar-refractivity contribution in [3.05, 3.63) is 45.2 Å². The molecular formula is C31H38Cl2F3N3O5. The van der Waals surface area contributed by atoms with Gasteiger partial charge in [0.15, 0.2) is 11.5 Å². The molecule has 2 fully saturated rings. The van der Waals surface area contributed by atoms with Gasteiger partial charge in [0.05, 0.1) is 45.9 Å². The number of Topliss-reactive ketones (excluding diaryl/α,β-unsaturated/α-hetero) is 1. The summed E-state index contributed by atoms with van der Waals surface area (Å²) in [5, 5.41) is 16.4. The highest BCUT2D eigenvalue weighted by Crippen LogP contribution is 2.44. The minimum atomic E-state index is -4.90. The molecule has 13 heteroatoms. The minimum Gasteiger partial charge on any atom is -0.497 e. The number of amides is 1. The molecule has 0 spiro atoms. The van der Waals surface area contributed by atoms with Gasteiger partial charge in [-0.1, -0.05) is 43.5 Å². The van der Waals surface area contributed by atoms with Gasteiger partial charge in [-0.2, -0.15) is 18.3 Å². The molecule has 2 aliphatic carbocycles. The van der Waals surface area contributed by atoms with Crippen LogP contribution in [-0.4, -0.2) is 45.7 Å². The number of carboxylic acid groups (broad SMARTS) is 1. The van der Waals surface area contributed by atoms with E-state index in [0.717, 1.165) is 23.7 Å². The van der Waals surface area contributed by atoms with Gasteiger partial charge in [-0.25, -0.2) is 0 Å². The van der Waals surface area contributed by atoms with Crippen molar-refractivity contribution in [2.75, 3.05) is 7.11 Å². The maximum absolute atomic E-state index is 14.5. The monoisotopic (exact) mass is 659 g/mol. The van der Waals surface area contributed by atoms with Crippen molar-refractivity contribution in [3.63, 3.8) is 0 Å². The highest BCUT2D eigenvalue weighted by atomic mass is 35.5. The summed E-state index contributed by atoms with van der Waals surface area (Å²) in [5.41, 5.74) is -2.88. The molecule has 0 radical (unpaired) electrons. The first kappa shape index (κ1) is 34.1. The van der Waals surface area contributed by atoms with Gasteiger partial charge in [0, 0.05) is 12.5 Å². The number of ketones is 1. The SMILES string of the molecule is COc1cc(Cl)c(C(=O)CC(NC(=O)c2cnn(C3CCC(C)(C(=O)O)CC3)c2C(F)(F)F)C2CCCC(C)(C)C2)c(Cl)c1. The van der Waals surface area contributed by atoms with Crippen LogP contribution in [-0.2, 0) is 11.0 Å². The average molecular weight is 661 g/mol. The number of benzene rings is 1. The maximum atomic E-state index is 14.5. The van der Waals surface area contributed by atoms with Crippen LogP contribution in [0.15, 0.2) is 18.3 Å². The Hall–Kier alpha value is -2.79. The molecule has 1 aromatic heterocycles. The van der Waals surface area contributed by atoms with Gasteiger partial charge in [-0.15, -0.1) is 0 Å². The lowest BCUT2D eigenvalue weighted by Crippen LogP contribution is -2.45. The third-order valence-corrected chi connectivity index (χ3v) is 9.89. The van der Waals surface area contributed by atoms with Crippen molar-refractivity contribution in [2.45, 2.75) is 96.8 Å². The summed E-state index contributed by atoms with van der Waals surface area (Å²) >= 11 is 12.7. The summed E-state index contributed by atoms with van der Waals surface area (Å²) in [5.74, 6) is -2.25. The first-order valence-electron chi connectivity index (χ1n) is 14.7. The summed E-state index contributed by atoms with van der Waals surface area (Å²) in [7, 11) is 1.43. The lowest BCUT2D eigenvalue weighted by Gasteiger charge is -2.39. The molecule has 242 valence electrons. The molecule has 2 aromatic rings. The summed E-state index contributed by atoms with van der Waals surface area (Å²) in [6, 6.07) is 1.40. The number of alkyl halides is 3. The van der Waals surface area contributed by atoms with E-state index in [0.29, 0.717) is 18.6 Å². The lowest BCUT2D eigenvalue weighted by atomic mass is 9.69. The molecule has 2 N–H and O–H groups in total. The van der Waals surface area contributed by atoms with Gasteiger partial charge in [-0.3, -0.25) is 19.1 Å². The maximum Gasteiger partial charge on any atom is 0.433 e. The average Bonchev–Trinajstić information content (AvgIpc) is 3.38. The second kappa shape index (κ2) is 12.9. The third-order valence-electron chi connectivity index (χ3n) is 9.29. The fourth-order valence-electron chi connectivity index (χ4n) is 6.70. The van der Waals surface area contributed by atoms with E-state index in [1.807, 2.05) is 0 Å². The van der Waals surface area contributed by atoms with Crippen LogP contribution in [0.2, 0.25) is 10.0 Å². The number of hydrogen-bond donors (Lipinski definition) is 2. The summed E-state index contributed by atoms with van der Waals surface area (Å²) < 4.78 is 49.4. The van der Waals surface area contributed by atoms with Crippen LogP contribution >= 0.6 is 23.2 Å². The standard InChI is InChI=1S/C31H38Cl2F3N3O5/c1-29(2)9-5-6-17(15-29)23(14-24(40)25-21(32)12-19(44-4)13-22(25)33)38-27(41)20-16-37-39(26(20)31(34,35)36)18-7-10-30(3,11-8-18)28(42)43/h12-13,16-18,23H,5-11,14-15H2,1-4H3,(H,38,41)(H,42,43). The van der Waals surface area contributed by atoms with E-state index in [1.54, 1.807) is 6.92 Å². The van der Waals surface area contributed by atoms with E-state index in [4.69, 9.17) is 27.9 Å². The lowest BCUT2D eigenvalue weighted by molar-refractivity contribution is -0.152. The highest BCUT2D eigenvalue weighted by Gasteiger charge is 2.45. The molecule has 44 heavy (non-hydrogen) atoms. The summed E-state index contributed by atoms with van der Waals surface area (Å²) in [6.45, 7) is 5.75. The number of aromatic nitrogens is 2. The van der Waals surface area contributed by atoms with Crippen LogP contribution in [0.4, 0.5) is 13.2 Å². The van der Waals surface area contributed by atoms with Crippen molar-refractivity contribution in [1.82, 2.24) is 15.1 Å². The molecule has 1 amide bonds. The van der Waals surface area contributed by atoms with Crippen LogP contribution in [0.3, 0.4) is 0 Å².